The molecule has 0 amide bonds. The summed E-state index contributed by atoms with van der Waals surface area (Å²) in [6.07, 6.45) is 7.37. The summed E-state index contributed by atoms with van der Waals surface area (Å²) in [4.78, 5) is 16.4. The molecule has 1 aliphatic rings. The number of nitrogens with zero attached hydrogens (tertiary/aromatic N) is 2. The lowest BCUT2D eigenvalue weighted by Crippen LogP contribution is -2.42. The van der Waals surface area contributed by atoms with Gasteiger partial charge in [-0.1, -0.05) is 13.8 Å². The molecule has 1 fully saturated rings. The van der Waals surface area contributed by atoms with E-state index in [-0.39, 0.29) is 11.1 Å². The summed E-state index contributed by atoms with van der Waals surface area (Å²) in [5.41, 5.74) is -0.271. The van der Waals surface area contributed by atoms with Gasteiger partial charge < -0.3 is 9.88 Å². The number of alkyl halides is 1. The fraction of sp³-hybridized carbons (Fsp3) is 0.692. The highest BCUT2D eigenvalue weighted by Crippen LogP contribution is 2.33. The maximum Gasteiger partial charge on any atom is 0.293 e. The standard InChI is InChI=1S/C13H20ClN3O/c1-3-13(4-2,9-14)16-11-12(18)17(8-7-15-11)10-5-6-10/h7-8,10H,3-6,9H2,1-2H3,(H,15,16). The van der Waals surface area contributed by atoms with E-state index in [0.717, 1.165) is 25.7 Å². The first-order valence-corrected chi connectivity index (χ1v) is 7.10. The second-order valence-electron chi connectivity index (χ2n) is 4.97. The largest absolute Gasteiger partial charge is 0.359 e. The summed E-state index contributed by atoms with van der Waals surface area (Å²) >= 11 is 6.04. The van der Waals surface area contributed by atoms with Crippen LogP contribution in [-0.2, 0) is 0 Å². The Bertz CT molecular complexity index is 455. The lowest BCUT2D eigenvalue weighted by molar-refractivity contribution is 0.480. The third-order valence-electron chi connectivity index (χ3n) is 3.80. The molecule has 2 rings (SSSR count). The zero-order valence-corrected chi connectivity index (χ0v) is 11.7. The van der Waals surface area contributed by atoms with Crippen LogP contribution in [0.3, 0.4) is 0 Å². The Morgan fingerprint density at radius 3 is 2.67 bits per heavy atom. The van der Waals surface area contributed by atoms with Crippen LogP contribution in [0, 0.1) is 0 Å². The number of hydrogen-bond acceptors (Lipinski definition) is 3. The first-order valence-electron chi connectivity index (χ1n) is 6.57. The van der Waals surface area contributed by atoms with Crippen molar-refractivity contribution < 1.29 is 0 Å². The van der Waals surface area contributed by atoms with Crippen LogP contribution in [0.2, 0.25) is 0 Å². The van der Waals surface area contributed by atoms with Gasteiger partial charge in [-0.15, -0.1) is 11.6 Å². The van der Waals surface area contributed by atoms with E-state index in [1.54, 1.807) is 17.0 Å². The van der Waals surface area contributed by atoms with E-state index in [2.05, 4.69) is 24.1 Å². The van der Waals surface area contributed by atoms with E-state index in [9.17, 15) is 4.79 Å². The number of nitrogens with one attached hydrogen (secondary N) is 1. The van der Waals surface area contributed by atoms with E-state index in [1.807, 2.05) is 0 Å². The molecule has 0 atom stereocenters. The van der Waals surface area contributed by atoms with Gasteiger partial charge in [-0.3, -0.25) is 4.79 Å². The quantitative estimate of drug-likeness (QED) is 0.808. The molecule has 0 unspecified atom stereocenters. The molecule has 1 aromatic rings. The smallest absolute Gasteiger partial charge is 0.293 e. The van der Waals surface area contributed by atoms with Gasteiger partial charge in [0.25, 0.3) is 5.56 Å². The first kappa shape index (κ1) is 13.4. The van der Waals surface area contributed by atoms with Crippen LogP contribution in [0.1, 0.15) is 45.6 Å². The zero-order chi connectivity index (χ0) is 13.2. The van der Waals surface area contributed by atoms with E-state index in [4.69, 9.17) is 11.6 Å². The van der Waals surface area contributed by atoms with Crippen molar-refractivity contribution in [3.05, 3.63) is 22.7 Å². The molecular formula is C13H20ClN3O. The summed E-state index contributed by atoms with van der Waals surface area (Å²) < 4.78 is 1.78. The van der Waals surface area contributed by atoms with Crippen molar-refractivity contribution in [3.63, 3.8) is 0 Å². The number of aromatic nitrogens is 2. The minimum atomic E-state index is -0.240. The minimum Gasteiger partial charge on any atom is -0.359 e. The van der Waals surface area contributed by atoms with Gasteiger partial charge in [0.15, 0.2) is 5.82 Å². The summed E-state index contributed by atoms with van der Waals surface area (Å²) in [6, 6.07) is 0.370. The van der Waals surface area contributed by atoms with Crippen LogP contribution in [-0.4, -0.2) is 21.0 Å². The number of halogens is 1. The molecule has 0 radical (unpaired) electrons. The predicted molar refractivity (Wildman–Crippen MR) is 74.4 cm³/mol. The van der Waals surface area contributed by atoms with Gasteiger partial charge in [0.2, 0.25) is 0 Å². The lowest BCUT2D eigenvalue weighted by Gasteiger charge is -2.30. The molecule has 0 aromatic carbocycles. The average Bonchev–Trinajstić information content (AvgIpc) is 3.22. The molecule has 1 aliphatic carbocycles. The van der Waals surface area contributed by atoms with Crippen molar-refractivity contribution >= 4 is 17.4 Å². The fourth-order valence-corrected chi connectivity index (χ4v) is 2.50. The van der Waals surface area contributed by atoms with Crippen LogP contribution in [0.5, 0.6) is 0 Å². The zero-order valence-electron chi connectivity index (χ0n) is 10.9. The maximum absolute atomic E-state index is 12.3. The Morgan fingerprint density at radius 1 is 1.50 bits per heavy atom. The van der Waals surface area contributed by atoms with Crippen LogP contribution in [0.4, 0.5) is 5.82 Å². The van der Waals surface area contributed by atoms with Crippen molar-refractivity contribution in [1.82, 2.24) is 9.55 Å². The highest BCUT2D eigenvalue weighted by Gasteiger charge is 2.29. The normalized spacial score (nSPS) is 15.7. The van der Waals surface area contributed by atoms with Gasteiger partial charge in [-0.05, 0) is 25.7 Å². The minimum absolute atomic E-state index is 0.0311. The molecule has 0 spiro atoms. The SMILES string of the molecule is CCC(CC)(CCl)Nc1nccn(C2CC2)c1=O. The third kappa shape index (κ3) is 2.53. The molecule has 1 saturated carbocycles. The van der Waals surface area contributed by atoms with Crippen LogP contribution < -0.4 is 10.9 Å². The second-order valence-corrected chi connectivity index (χ2v) is 5.23. The first-order chi connectivity index (χ1) is 8.65. The highest BCUT2D eigenvalue weighted by molar-refractivity contribution is 6.18. The third-order valence-corrected chi connectivity index (χ3v) is 4.31. The predicted octanol–water partition coefficient (Wildman–Crippen LogP) is 2.79. The summed E-state index contributed by atoms with van der Waals surface area (Å²) in [6.45, 7) is 4.14. The molecule has 1 heterocycles. The Labute approximate surface area is 112 Å². The summed E-state index contributed by atoms with van der Waals surface area (Å²) in [5, 5.41) is 3.26. The number of rotatable bonds is 6. The molecule has 5 heteroatoms. The summed E-state index contributed by atoms with van der Waals surface area (Å²) in [7, 11) is 0. The molecule has 4 nitrogen and oxygen atoms in total. The Kier molecular flexibility index (Phi) is 3.95. The number of anilines is 1. The maximum atomic E-state index is 12.3. The van der Waals surface area contributed by atoms with Gasteiger partial charge in [0.05, 0.1) is 5.54 Å². The van der Waals surface area contributed by atoms with Crippen LogP contribution >= 0.6 is 11.6 Å². The van der Waals surface area contributed by atoms with Gasteiger partial charge in [0, 0.05) is 24.3 Å². The Balaban J connectivity index is 2.28. The lowest BCUT2D eigenvalue weighted by atomic mass is 9.95. The molecule has 0 saturated heterocycles. The van der Waals surface area contributed by atoms with E-state index < -0.39 is 0 Å². The van der Waals surface area contributed by atoms with Crippen molar-refractivity contribution in [1.29, 1.82) is 0 Å². The van der Waals surface area contributed by atoms with Gasteiger partial charge in [0.1, 0.15) is 0 Å². The molecule has 0 aliphatic heterocycles. The van der Waals surface area contributed by atoms with E-state index in [1.165, 1.54) is 0 Å². The van der Waals surface area contributed by atoms with Crippen molar-refractivity contribution in [2.45, 2.75) is 51.1 Å². The van der Waals surface area contributed by atoms with Gasteiger partial charge >= 0.3 is 0 Å². The summed E-state index contributed by atoms with van der Waals surface area (Å²) in [5.74, 6) is 0.896. The molecular weight excluding hydrogens is 250 g/mol. The molecule has 100 valence electrons. The van der Waals surface area contributed by atoms with E-state index in [0.29, 0.717) is 17.7 Å². The topological polar surface area (TPSA) is 46.9 Å². The molecule has 0 bridgehead atoms. The van der Waals surface area contributed by atoms with E-state index >= 15 is 0 Å². The fourth-order valence-electron chi connectivity index (χ4n) is 2.05. The highest BCUT2D eigenvalue weighted by atomic mass is 35.5. The molecule has 1 aromatic heterocycles. The second kappa shape index (κ2) is 5.31. The van der Waals surface area contributed by atoms with Crippen LogP contribution in [0.25, 0.3) is 0 Å². The van der Waals surface area contributed by atoms with Gasteiger partial charge in [-0.25, -0.2) is 4.98 Å². The van der Waals surface area contributed by atoms with Crippen molar-refractivity contribution in [3.8, 4) is 0 Å². The number of hydrogen-bond donors (Lipinski definition) is 1. The van der Waals surface area contributed by atoms with Crippen LogP contribution in [0.15, 0.2) is 17.2 Å². The van der Waals surface area contributed by atoms with Gasteiger partial charge in [-0.2, -0.15) is 0 Å². The Morgan fingerprint density at radius 2 is 2.17 bits per heavy atom. The Hall–Kier alpha value is -1.03. The molecule has 1 N–H and O–H groups in total. The van der Waals surface area contributed by atoms with Crippen molar-refractivity contribution in [2.75, 3.05) is 11.2 Å². The average molecular weight is 270 g/mol. The monoisotopic (exact) mass is 269 g/mol. The molecule has 18 heavy (non-hydrogen) atoms. The van der Waals surface area contributed by atoms with Crippen molar-refractivity contribution in [2.24, 2.45) is 0 Å².